The van der Waals surface area contributed by atoms with Crippen LogP contribution in [0.15, 0.2) is 12.8 Å². The van der Waals surface area contributed by atoms with Crippen LogP contribution in [0.5, 0.6) is 0 Å². The molecule has 0 aromatic rings. The lowest BCUT2D eigenvalue weighted by Gasteiger charge is -2.20. The summed E-state index contributed by atoms with van der Waals surface area (Å²) in [6.45, 7) is 7.21. The molecule has 9 heteroatoms. The van der Waals surface area contributed by atoms with Crippen LogP contribution >= 0.6 is 0 Å². The van der Waals surface area contributed by atoms with Gasteiger partial charge >= 0.3 is 5.97 Å². The lowest BCUT2D eigenvalue weighted by atomic mass is 10.4. The fourth-order valence-electron chi connectivity index (χ4n) is 1.88. The smallest absolute Gasteiger partial charge is 0.359 e. The molecule has 2 N–H and O–H groups in total. The van der Waals surface area contributed by atoms with Crippen molar-refractivity contribution in [1.82, 2.24) is 9.80 Å². The summed E-state index contributed by atoms with van der Waals surface area (Å²) in [5.74, 6) is -0.907. The van der Waals surface area contributed by atoms with E-state index in [9.17, 15) is 13.2 Å². The van der Waals surface area contributed by atoms with Gasteiger partial charge in [0.2, 0.25) is 0 Å². The van der Waals surface area contributed by atoms with Crippen LogP contribution in [0.1, 0.15) is 6.42 Å². The van der Waals surface area contributed by atoms with E-state index in [0.29, 0.717) is 17.4 Å². The highest BCUT2D eigenvalue weighted by molar-refractivity contribution is 7.85. The Morgan fingerprint density at radius 3 is 2.23 bits per heavy atom. The van der Waals surface area contributed by atoms with E-state index < -0.39 is 16.1 Å². The highest BCUT2D eigenvalue weighted by atomic mass is 32.2. The number of aliphatic carboxylic acids is 1. The van der Waals surface area contributed by atoms with Gasteiger partial charge in [0.15, 0.2) is 6.54 Å². The Labute approximate surface area is 133 Å². The summed E-state index contributed by atoms with van der Waals surface area (Å²) >= 11 is 0. The van der Waals surface area contributed by atoms with Crippen LogP contribution in [-0.2, 0) is 14.9 Å². The van der Waals surface area contributed by atoms with E-state index in [1.54, 1.807) is 6.20 Å². The van der Waals surface area contributed by atoms with Crippen LogP contribution in [0, 0.1) is 0 Å². The zero-order valence-electron chi connectivity index (χ0n) is 13.6. The van der Waals surface area contributed by atoms with E-state index in [1.165, 1.54) is 0 Å². The molecule has 8 nitrogen and oxygen atoms in total. The minimum atomic E-state index is -3.80. The van der Waals surface area contributed by atoms with E-state index in [-0.39, 0.29) is 12.3 Å². The predicted molar refractivity (Wildman–Crippen MR) is 84.9 cm³/mol. The van der Waals surface area contributed by atoms with Crippen LogP contribution in [0.25, 0.3) is 0 Å². The number of likely N-dealkylation sites (N-methyl/N-ethyl adjacent to an activating group) is 1. The van der Waals surface area contributed by atoms with Gasteiger partial charge in [-0.2, -0.15) is 8.42 Å². The molecule has 0 aliphatic carbocycles. The molecule has 1 rings (SSSR count). The molecule has 0 bridgehead atoms. The molecule has 0 spiro atoms. The van der Waals surface area contributed by atoms with Gasteiger partial charge in [0.05, 0.1) is 33.6 Å². The summed E-state index contributed by atoms with van der Waals surface area (Å²) in [5, 5.41) is 8.23. The molecule has 1 fully saturated rings. The molecule has 0 aromatic carbocycles. The number of carboxylic acid groups (broad SMARTS) is 1. The van der Waals surface area contributed by atoms with Gasteiger partial charge in [-0.3, -0.25) is 9.45 Å². The van der Waals surface area contributed by atoms with Crippen molar-refractivity contribution in [1.29, 1.82) is 0 Å². The van der Waals surface area contributed by atoms with Gasteiger partial charge in [0.25, 0.3) is 10.1 Å². The minimum absolute atomic E-state index is 0.155. The summed E-state index contributed by atoms with van der Waals surface area (Å²) in [6, 6.07) is 0. The number of rotatable bonds is 7. The zero-order chi connectivity index (χ0) is 17.4. The fraction of sp³-hybridized carbons (Fsp3) is 0.769. The van der Waals surface area contributed by atoms with Crippen molar-refractivity contribution in [2.24, 2.45) is 0 Å². The molecule has 1 aliphatic rings. The standard InChI is InChI=1S/C8H16N2O3S.C5H11NO2/c1-2-9-5-6-10(8-9)4-3-7-14(11,12)13;1-6(2,3)4-5(7)8/h2H,1,3-8H2,(H,11,12,13);4H2,1-3H3/p+1. The summed E-state index contributed by atoms with van der Waals surface area (Å²) in [5.41, 5.74) is 0. The lowest BCUT2D eigenvalue weighted by Crippen LogP contribution is -2.39. The van der Waals surface area contributed by atoms with E-state index in [1.807, 2.05) is 21.1 Å². The first-order chi connectivity index (χ1) is 9.93. The number of quaternary nitrogens is 1. The van der Waals surface area contributed by atoms with E-state index in [4.69, 9.17) is 9.66 Å². The number of carbonyl (C=O) groups is 1. The number of hydrogen-bond acceptors (Lipinski definition) is 5. The molecule has 0 radical (unpaired) electrons. The topological polar surface area (TPSA) is 98.2 Å². The maximum absolute atomic E-state index is 10.4. The Balaban J connectivity index is 0.000000472. The second kappa shape index (κ2) is 9.09. The molecule has 1 saturated heterocycles. The van der Waals surface area contributed by atoms with Gasteiger partial charge in [-0.15, -0.1) is 0 Å². The molecule has 0 aromatic heterocycles. The first-order valence-electron chi connectivity index (χ1n) is 6.99. The third-order valence-corrected chi connectivity index (χ3v) is 3.63. The van der Waals surface area contributed by atoms with Gasteiger partial charge in [-0.05, 0) is 12.6 Å². The van der Waals surface area contributed by atoms with E-state index >= 15 is 0 Å². The van der Waals surface area contributed by atoms with Gasteiger partial charge in [-0.25, -0.2) is 4.79 Å². The summed E-state index contributed by atoms with van der Waals surface area (Å²) in [7, 11) is 1.73. The van der Waals surface area contributed by atoms with Crippen LogP contribution in [-0.4, -0.2) is 98.1 Å². The summed E-state index contributed by atoms with van der Waals surface area (Å²) in [4.78, 5) is 14.2. The van der Waals surface area contributed by atoms with Gasteiger partial charge in [0, 0.05) is 19.6 Å². The maximum atomic E-state index is 10.4. The Morgan fingerprint density at radius 2 is 1.91 bits per heavy atom. The molecule has 0 atom stereocenters. The van der Waals surface area contributed by atoms with Gasteiger partial charge in [-0.1, -0.05) is 6.58 Å². The molecule has 130 valence electrons. The molecule has 1 aliphatic heterocycles. The van der Waals surface area contributed by atoms with E-state index in [0.717, 1.165) is 19.8 Å². The lowest BCUT2D eigenvalue weighted by molar-refractivity contribution is -0.862. The van der Waals surface area contributed by atoms with Crippen molar-refractivity contribution >= 4 is 16.1 Å². The largest absolute Gasteiger partial charge is 0.477 e. The number of carboxylic acids is 1. The first-order valence-corrected chi connectivity index (χ1v) is 8.60. The quantitative estimate of drug-likeness (QED) is 0.488. The average molecular weight is 338 g/mol. The van der Waals surface area contributed by atoms with Crippen molar-refractivity contribution in [3.05, 3.63) is 12.8 Å². The third-order valence-electron chi connectivity index (χ3n) is 2.83. The normalized spacial score (nSPS) is 16.1. The van der Waals surface area contributed by atoms with Crippen molar-refractivity contribution in [3.8, 4) is 0 Å². The first kappa shape index (κ1) is 20.8. The van der Waals surface area contributed by atoms with Crippen LogP contribution in [0.3, 0.4) is 0 Å². The maximum Gasteiger partial charge on any atom is 0.359 e. The van der Waals surface area contributed by atoms with Crippen molar-refractivity contribution in [3.63, 3.8) is 0 Å². The van der Waals surface area contributed by atoms with Gasteiger partial charge in [0.1, 0.15) is 0 Å². The fourth-order valence-corrected chi connectivity index (χ4v) is 2.37. The zero-order valence-corrected chi connectivity index (χ0v) is 14.4. The Bertz CT molecular complexity index is 459. The number of hydrogen-bond donors (Lipinski definition) is 2. The number of nitrogens with zero attached hydrogens (tertiary/aromatic N) is 3. The van der Waals surface area contributed by atoms with Crippen LogP contribution in [0.2, 0.25) is 0 Å². The SMILES string of the molecule is C=CN1CCN(CCCS(=O)(=O)O)C1.C[N+](C)(C)CC(=O)O. The van der Waals surface area contributed by atoms with Crippen LogP contribution < -0.4 is 0 Å². The highest BCUT2D eigenvalue weighted by Gasteiger charge is 2.16. The Hall–Kier alpha value is -1.16. The molecule has 22 heavy (non-hydrogen) atoms. The molecule has 1 heterocycles. The van der Waals surface area contributed by atoms with Crippen molar-refractivity contribution in [2.45, 2.75) is 6.42 Å². The van der Waals surface area contributed by atoms with Gasteiger partial charge < -0.3 is 14.5 Å². The second-order valence-corrected chi connectivity index (χ2v) is 7.81. The third kappa shape index (κ3) is 12.6. The molecule has 0 unspecified atom stereocenters. The Kier molecular flexibility index (Phi) is 8.61. The molecular weight excluding hydrogens is 310 g/mol. The predicted octanol–water partition coefficient (Wildman–Crippen LogP) is -0.240. The highest BCUT2D eigenvalue weighted by Crippen LogP contribution is 2.05. The second-order valence-electron chi connectivity index (χ2n) is 6.24. The monoisotopic (exact) mass is 338 g/mol. The summed E-state index contributed by atoms with van der Waals surface area (Å²) in [6.07, 6.45) is 2.26. The van der Waals surface area contributed by atoms with Crippen molar-refractivity contribution < 1.29 is 27.4 Å². The Morgan fingerprint density at radius 1 is 1.32 bits per heavy atom. The van der Waals surface area contributed by atoms with Crippen molar-refractivity contribution in [2.75, 3.05) is 59.7 Å². The van der Waals surface area contributed by atoms with E-state index in [2.05, 4.69) is 16.4 Å². The van der Waals surface area contributed by atoms with Crippen LogP contribution in [0.4, 0.5) is 0 Å². The average Bonchev–Trinajstić information content (AvgIpc) is 2.72. The minimum Gasteiger partial charge on any atom is -0.477 e. The summed E-state index contributed by atoms with van der Waals surface area (Å²) < 4.78 is 29.9. The molecule has 0 amide bonds. The molecule has 0 saturated carbocycles. The molecular formula is C13H28N3O5S+.